The number of nitrogens with zero attached hydrogens (tertiary/aromatic N) is 1. The van der Waals surface area contributed by atoms with E-state index in [1.165, 1.54) is 18.5 Å². The number of aromatic amines is 1. The van der Waals surface area contributed by atoms with Gasteiger partial charge in [-0.3, -0.25) is 0 Å². The monoisotopic (exact) mass is 266 g/mol. The molecule has 0 radical (unpaired) electrons. The Labute approximate surface area is 114 Å². The molecular weight excluding hydrogens is 244 g/mol. The molecule has 0 aliphatic heterocycles. The van der Waals surface area contributed by atoms with E-state index in [2.05, 4.69) is 23.8 Å². The lowest BCUT2D eigenvalue weighted by Gasteiger charge is -2.30. The van der Waals surface area contributed by atoms with Crippen molar-refractivity contribution in [3.05, 3.63) is 22.2 Å². The number of nitrogens with one attached hydrogen (secondary N) is 1. The zero-order chi connectivity index (χ0) is 13.2. The van der Waals surface area contributed by atoms with E-state index in [1.54, 1.807) is 0 Å². The molecule has 3 nitrogen and oxygen atoms in total. The summed E-state index contributed by atoms with van der Waals surface area (Å²) in [5.74, 6) is 1.56. The molecule has 2 rings (SSSR count). The number of rotatable bonds is 6. The molecule has 100 valence electrons. The fraction of sp³-hybridized carbons (Fsp3) is 0.714. The number of H-pyrrole nitrogens is 1. The van der Waals surface area contributed by atoms with Crippen molar-refractivity contribution in [2.75, 3.05) is 6.61 Å². The van der Waals surface area contributed by atoms with Gasteiger partial charge in [-0.2, -0.15) is 0 Å². The van der Waals surface area contributed by atoms with Gasteiger partial charge in [-0.25, -0.2) is 4.98 Å². The molecule has 1 aromatic heterocycles. The third-order valence-electron chi connectivity index (χ3n) is 3.78. The summed E-state index contributed by atoms with van der Waals surface area (Å²) in [5.41, 5.74) is 0.920. The molecule has 1 aromatic rings. The van der Waals surface area contributed by atoms with Crippen LogP contribution < -0.4 is 0 Å². The average Bonchev–Trinajstić information content (AvgIpc) is 3.19. The van der Waals surface area contributed by atoms with Crippen molar-refractivity contribution in [2.45, 2.75) is 58.0 Å². The van der Waals surface area contributed by atoms with Crippen LogP contribution in [-0.2, 0) is 10.3 Å². The van der Waals surface area contributed by atoms with Gasteiger partial charge >= 0.3 is 0 Å². The van der Waals surface area contributed by atoms with E-state index in [9.17, 15) is 0 Å². The van der Waals surface area contributed by atoms with Crippen molar-refractivity contribution in [2.24, 2.45) is 0 Å². The average molecular weight is 266 g/mol. The Balaban J connectivity index is 2.43. The second kappa shape index (κ2) is 5.49. The summed E-state index contributed by atoms with van der Waals surface area (Å²) in [7, 11) is 0. The summed E-state index contributed by atoms with van der Waals surface area (Å²) in [6.07, 6.45) is 4.33. The third-order valence-corrected chi connectivity index (χ3v) is 3.98. The van der Waals surface area contributed by atoms with Crippen LogP contribution in [0, 0.1) is 4.64 Å². The van der Waals surface area contributed by atoms with E-state index in [4.69, 9.17) is 17.0 Å². The molecule has 1 aliphatic carbocycles. The maximum absolute atomic E-state index is 5.98. The third kappa shape index (κ3) is 2.64. The minimum Gasteiger partial charge on any atom is -0.367 e. The van der Waals surface area contributed by atoms with E-state index in [0.29, 0.717) is 17.2 Å². The van der Waals surface area contributed by atoms with Gasteiger partial charge in [0.05, 0.1) is 0 Å². The molecule has 0 saturated heterocycles. The van der Waals surface area contributed by atoms with Gasteiger partial charge in [0.2, 0.25) is 0 Å². The van der Waals surface area contributed by atoms with E-state index < -0.39 is 0 Å². The Bertz CT molecular complexity index is 461. The predicted octanol–water partition coefficient (Wildman–Crippen LogP) is 4.07. The Kier molecular flexibility index (Phi) is 4.17. The van der Waals surface area contributed by atoms with Crippen molar-refractivity contribution in [1.82, 2.24) is 9.97 Å². The van der Waals surface area contributed by atoms with Crippen molar-refractivity contribution in [3.8, 4) is 0 Å². The van der Waals surface area contributed by atoms with Crippen molar-refractivity contribution in [1.29, 1.82) is 0 Å². The number of hydrogen-bond acceptors (Lipinski definition) is 3. The van der Waals surface area contributed by atoms with Gasteiger partial charge in [0.1, 0.15) is 16.1 Å². The highest BCUT2D eigenvalue weighted by Crippen LogP contribution is 2.40. The zero-order valence-corrected chi connectivity index (χ0v) is 12.3. The van der Waals surface area contributed by atoms with Gasteiger partial charge in [-0.1, -0.05) is 26.1 Å². The van der Waals surface area contributed by atoms with Gasteiger partial charge in [0.15, 0.2) is 0 Å². The van der Waals surface area contributed by atoms with E-state index in [0.717, 1.165) is 18.7 Å². The summed E-state index contributed by atoms with van der Waals surface area (Å²) >= 11 is 5.30. The van der Waals surface area contributed by atoms with E-state index in [1.807, 2.05) is 13.0 Å². The first-order chi connectivity index (χ1) is 8.65. The molecule has 1 aliphatic rings. The molecule has 0 amide bonds. The Morgan fingerprint density at radius 2 is 2.06 bits per heavy atom. The van der Waals surface area contributed by atoms with Gasteiger partial charge in [0, 0.05) is 12.3 Å². The molecule has 0 bridgehead atoms. The first-order valence-electron chi connectivity index (χ1n) is 6.91. The molecular formula is C14H22N2OS. The van der Waals surface area contributed by atoms with Crippen LogP contribution in [0.3, 0.4) is 0 Å². The molecule has 0 atom stereocenters. The Morgan fingerprint density at radius 3 is 2.56 bits per heavy atom. The zero-order valence-electron chi connectivity index (χ0n) is 11.5. The molecule has 1 saturated carbocycles. The summed E-state index contributed by atoms with van der Waals surface area (Å²) in [4.78, 5) is 7.98. The normalized spacial score (nSPS) is 15.9. The quantitative estimate of drug-likeness (QED) is 0.789. The van der Waals surface area contributed by atoms with Crippen LogP contribution in [0.15, 0.2) is 6.07 Å². The predicted molar refractivity (Wildman–Crippen MR) is 75.3 cm³/mol. The SMILES string of the molecule is CCOC(CC)(CC)c1nc(=S)cc(C2CC2)[nH]1. The molecule has 1 heterocycles. The number of hydrogen-bond donors (Lipinski definition) is 1. The van der Waals surface area contributed by atoms with Crippen LogP contribution in [0.5, 0.6) is 0 Å². The number of ether oxygens (including phenoxy) is 1. The fourth-order valence-corrected chi connectivity index (χ4v) is 2.66. The highest BCUT2D eigenvalue weighted by Gasteiger charge is 2.33. The highest BCUT2D eigenvalue weighted by atomic mass is 32.1. The molecule has 4 heteroatoms. The van der Waals surface area contributed by atoms with Crippen LogP contribution in [-0.4, -0.2) is 16.6 Å². The van der Waals surface area contributed by atoms with E-state index >= 15 is 0 Å². The second-order valence-corrected chi connectivity index (χ2v) is 5.35. The van der Waals surface area contributed by atoms with Gasteiger partial charge in [-0.05, 0) is 44.6 Å². The molecule has 0 aromatic carbocycles. The van der Waals surface area contributed by atoms with Crippen molar-refractivity contribution >= 4 is 12.2 Å². The van der Waals surface area contributed by atoms with Crippen LogP contribution in [0.25, 0.3) is 0 Å². The maximum Gasteiger partial charge on any atom is 0.140 e. The molecule has 1 fully saturated rings. The minimum atomic E-state index is -0.312. The Morgan fingerprint density at radius 1 is 1.39 bits per heavy atom. The highest BCUT2D eigenvalue weighted by molar-refractivity contribution is 7.71. The van der Waals surface area contributed by atoms with Gasteiger partial charge in [0.25, 0.3) is 0 Å². The summed E-state index contributed by atoms with van der Waals surface area (Å²) in [6.45, 7) is 7.00. The van der Waals surface area contributed by atoms with Crippen LogP contribution in [0.4, 0.5) is 0 Å². The minimum absolute atomic E-state index is 0.312. The van der Waals surface area contributed by atoms with Crippen LogP contribution in [0.2, 0.25) is 0 Å². The second-order valence-electron chi connectivity index (χ2n) is 4.93. The van der Waals surface area contributed by atoms with Crippen molar-refractivity contribution < 1.29 is 4.74 Å². The first kappa shape index (κ1) is 13.7. The molecule has 18 heavy (non-hydrogen) atoms. The van der Waals surface area contributed by atoms with E-state index in [-0.39, 0.29) is 5.60 Å². The maximum atomic E-state index is 5.98. The molecule has 0 unspecified atom stereocenters. The fourth-order valence-electron chi connectivity index (χ4n) is 2.44. The molecule has 1 N–H and O–H groups in total. The first-order valence-corrected chi connectivity index (χ1v) is 7.31. The lowest BCUT2D eigenvalue weighted by molar-refractivity contribution is -0.0573. The standard InChI is InChI=1S/C14H22N2OS/c1-4-14(5-2,17-6-3)13-15-11(10-7-8-10)9-12(18)16-13/h9-10H,4-8H2,1-3H3,(H,15,16,18). The van der Waals surface area contributed by atoms with Gasteiger partial charge in [-0.15, -0.1) is 0 Å². The Hall–Kier alpha value is -0.740. The van der Waals surface area contributed by atoms with Crippen molar-refractivity contribution in [3.63, 3.8) is 0 Å². The summed E-state index contributed by atoms with van der Waals surface area (Å²) in [6, 6.07) is 2.00. The molecule has 0 spiro atoms. The number of aromatic nitrogens is 2. The van der Waals surface area contributed by atoms with Crippen LogP contribution in [0.1, 0.15) is 63.9 Å². The lowest BCUT2D eigenvalue weighted by Crippen LogP contribution is -2.31. The summed E-state index contributed by atoms with van der Waals surface area (Å²) < 4.78 is 6.66. The summed E-state index contributed by atoms with van der Waals surface area (Å²) in [5, 5.41) is 0. The lowest BCUT2D eigenvalue weighted by atomic mass is 9.95. The topological polar surface area (TPSA) is 37.9 Å². The van der Waals surface area contributed by atoms with Gasteiger partial charge < -0.3 is 9.72 Å². The smallest absolute Gasteiger partial charge is 0.140 e. The largest absolute Gasteiger partial charge is 0.367 e. The van der Waals surface area contributed by atoms with Crippen LogP contribution >= 0.6 is 12.2 Å².